The summed E-state index contributed by atoms with van der Waals surface area (Å²) in [7, 11) is 0. The van der Waals surface area contributed by atoms with Gasteiger partial charge in [0, 0.05) is 17.6 Å². The zero-order valence-electron chi connectivity index (χ0n) is 11.3. The van der Waals surface area contributed by atoms with Gasteiger partial charge in [-0.1, -0.05) is 30.7 Å². The van der Waals surface area contributed by atoms with E-state index < -0.39 is 0 Å². The van der Waals surface area contributed by atoms with Crippen LogP contribution in [-0.4, -0.2) is 18.1 Å². The molecule has 1 N–H and O–H groups in total. The number of benzene rings is 1. The highest BCUT2D eigenvalue weighted by Gasteiger charge is 1.97. The number of nitrogens with zero attached hydrogens (tertiary/aromatic N) is 1. The molecule has 0 fully saturated rings. The Morgan fingerprint density at radius 2 is 2.11 bits per heavy atom. The Bertz CT molecular complexity index is 570. The molecule has 0 unspecified atom stereocenters. The normalized spacial score (nSPS) is 12.1. The molecule has 2 aromatic rings. The molecular formula is C16H20N2. The van der Waals surface area contributed by atoms with Gasteiger partial charge in [-0.2, -0.15) is 0 Å². The van der Waals surface area contributed by atoms with Crippen LogP contribution in [0.2, 0.25) is 0 Å². The topological polar surface area (TPSA) is 24.9 Å². The second-order valence-electron chi connectivity index (χ2n) is 4.68. The zero-order chi connectivity index (χ0) is 13.0. The van der Waals surface area contributed by atoms with E-state index in [0.29, 0.717) is 0 Å². The van der Waals surface area contributed by atoms with Gasteiger partial charge in [-0.05, 0) is 44.2 Å². The van der Waals surface area contributed by atoms with Crippen LogP contribution in [-0.2, 0) is 0 Å². The Morgan fingerprint density at radius 1 is 1.28 bits per heavy atom. The maximum Gasteiger partial charge on any atom is 0.0705 e. The molecule has 94 valence electrons. The minimum Gasteiger partial charge on any atom is -0.313 e. The molecule has 0 amide bonds. The number of aromatic nitrogens is 1. The lowest BCUT2D eigenvalue weighted by molar-refractivity contribution is 0.779. The average molecular weight is 240 g/mol. The molecule has 0 saturated heterocycles. The third-order valence-electron chi connectivity index (χ3n) is 2.92. The summed E-state index contributed by atoms with van der Waals surface area (Å²) in [6.07, 6.45) is 2.22. The molecule has 2 nitrogen and oxygen atoms in total. The maximum absolute atomic E-state index is 4.51. The lowest BCUT2D eigenvalue weighted by atomic mass is 10.1. The monoisotopic (exact) mass is 240 g/mol. The highest BCUT2D eigenvalue weighted by molar-refractivity contribution is 5.81. The molecular weight excluding hydrogens is 220 g/mol. The SMILES string of the molecule is CCNC/C(C)=C/c1ccc2nc(C)ccc2c1. The van der Waals surface area contributed by atoms with Crippen LogP contribution in [0.1, 0.15) is 25.1 Å². The molecule has 0 saturated carbocycles. The second-order valence-corrected chi connectivity index (χ2v) is 4.68. The highest BCUT2D eigenvalue weighted by Crippen LogP contribution is 2.16. The van der Waals surface area contributed by atoms with Crippen molar-refractivity contribution in [1.82, 2.24) is 10.3 Å². The van der Waals surface area contributed by atoms with Crippen LogP contribution in [0, 0.1) is 6.92 Å². The van der Waals surface area contributed by atoms with Crippen molar-refractivity contribution in [2.45, 2.75) is 20.8 Å². The van der Waals surface area contributed by atoms with Gasteiger partial charge >= 0.3 is 0 Å². The van der Waals surface area contributed by atoms with Gasteiger partial charge in [0.25, 0.3) is 0 Å². The lowest BCUT2D eigenvalue weighted by Crippen LogP contribution is -2.14. The van der Waals surface area contributed by atoms with E-state index in [1.54, 1.807) is 0 Å². The molecule has 18 heavy (non-hydrogen) atoms. The number of nitrogens with one attached hydrogen (secondary N) is 1. The van der Waals surface area contributed by atoms with Crippen molar-refractivity contribution in [3.8, 4) is 0 Å². The van der Waals surface area contributed by atoms with Gasteiger partial charge in [0.15, 0.2) is 0 Å². The highest BCUT2D eigenvalue weighted by atomic mass is 14.8. The minimum atomic E-state index is 0.945. The summed E-state index contributed by atoms with van der Waals surface area (Å²) in [6, 6.07) is 10.6. The molecule has 1 aromatic carbocycles. The van der Waals surface area contributed by atoms with Crippen molar-refractivity contribution in [2.75, 3.05) is 13.1 Å². The van der Waals surface area contributed by atoms with Gasteiger partial charge in [0.2, 0.25) is 0 Å². The van der Waals surface area contributed by atoms with E-state index in [0.717, 1.165) is 24.3 Å². The number of rotatable bonds is 4. The second kappa shape index (κ2) is 5.78. The first-order valence-corrected chi connectivity index (χ1v) is 6.44. The fraction of sp³-hybridized carbons (Fsp3) is 0.312. The van der Waals surface area contributed by atoms with Crippen molar-refractivity contribution in [3.63, 3.8) is 0 Å². The predicted octanol–water partition coefficient (Wildman–Crippen LogP) is 3.56. The Morgan fingerprint density at radius 3 is 2.89 bits per heavy atom. The smallest absolute Gasteiger partial charge is 0.0705 e. The number of pyridine rings is 1. The first kappa shape index (κ1) is 12.8. The summed E-state index contributed by atoms with van der Waals surface area (Å²) < 4.78 is 0. The maximum atomic E-state index is 4.51. The fourth-order valence-electron chi connectivity index (χ4n) is 1.99. The quantitative estimate of drug-likeness (QED) is 0.884. The van der Waals surface area contributed by atoms with E-state index in [4.69, 9.17) is 0 Å². The molecule has 0 radical (unpaired) electrons. The van der Waals surface area contributed by atoms with Gasteiger partial charge in [0.1, 0.15) is 0 Å². The van der Waals surface area contributed by atoms with Crippen molar-refractivity contribution in [2.24, 2.45) is 0 Å². The minimum absolute atomic E-state index is 0.945. The van der Waals surface area contributed by atoms with Gasteiger partial charge in [-0.25, -0.2) is 0 Å². The summed E-state index contributed by atoms with van der Waals surface area (Å²) in [4.78, 5) is 4.51. The van der Waals surface area contributed by atoms with Crippen molar-refractivity contribution >= 4 is 17.0 Å². The molecule has 0 aliphatic heterocycles. The van der Waals surface area contributed by atoms with Crippen LogP contribution in [0.4, 0.5) is 0 Å². The van der Waals surface area contributed by atoms with Crippen LogP contribution < -0.4 is 5.32 Å². The third-order valence-corrected chi connectivity index (χ3v) is 2.92. The first-order valence-electron chi connectivity index (χ1n) is 6.44. The first-order chi connectivity index (χ1) is 8.69. The summed E-state index contributed by atoms with van der Waals surface area (Å²) in [5.41, 5.74) is 4.71. The van der Waals surface area contributed by atoms with Crippen molar-refractivity contribution in [1.29, 1.82) is 0 Å². The molecule has 0 bridgehead atoms. The number of fused-ring (bicyclic) bond motifs is 1. The van der Waals surface area contributed by atoms with Crippen LogP contribution in [0.5, 0.6) is 0 Å². The van der Waals surface area contributed by atoms with E-state index in [1.165, 1.54) is 16.5 Å². The van der Waals surface area contributed by atoms with Crippen LogP contribution in [0.25, 0.3) is 17.0 Å². The summed E-state index contributed by atoms with van der Waals surface area (Å²) in [6.45, 7) is 8.25. The van der Waals surface area contributed by atoms with Gasteiger partial charge in [0.05, 0.1) is 5.52 Å². The van der Waals surface area contributed by atoms with Crippen LogP contribution in [0.15, 0.2) is 35.9 Å². The summed E-state index contributed by atoms with van der Waals surface area (Å²) >= 11 is 0. The summed E-state index contributed by atoms with van der Waals surface area (Å²) in [5, 5.41) is 4.53. The largest absolute Gasteiger partial charge is 0.313 e. The fourth-order valence-corrected chi connectivity index (χ4v) is 1.99. The average Bonchev–Trinajstić information content (AvgIpc) is 2.36. The van der Waals surface area contributed by atoms with Crippen LogP contribution >= 0.6 is 0 Å². The number of hydrogen-bond donors (Lipinski definition) is 1. The Kier molecular flexibility index (Phi) is 4.11. The van der Waals surface area contributed by atoms with E-state index in [1.807, 2.05) is 6.92 Å². The van der Waals surface area contributed by atoms with E-state index in [-0.39, 0.29) is 0 Å². The molecule has 0 aliphatic rings. The third kappa shape index (κ3) is 3.17. The Labute approximate surface area is 109 Å². The van der Waals surface area contributed by atoms with Gasteiger partial charge < -0.3 is 5.32 Å². The van der Waals surface area contributed by atoms with Crippen molar-refractivity contribution < 1.29 is 0 Å². The number of aryl methyl sites for hydroxylation is 1. The molecule has 1 aromatic heterocycles. The number of likely N-dealkylation sites (N-methyl/N-ethyl adjacent to an activating group) is 1. The standard InChI is InChI=1S/C16H20N2/c1-4-17-11-12(2)9-14-6-8-16-15(10-14)7-5-13(3)18-16/h5-10,17H,4,11H2,1-3H3/b12-9+. The van der Waals surface area contributed by atoms with E-state index in [9.17, 15) is 0 Å². The molecule has 2 heteroatoms. The summed E-state index contributed by atoms with van der Waals surface area (Å²) in [5.74, 6) is 0. The predicted molar refractivity (Wildman–Crippen MR) is 78.7 cm³/mol. The van der Waals surface area contributed by atoms with E-state index in [2.05, 4.69) is 60.6 Å². The van der Waals surface area contributed by atoms with Gasteiger partial charge in [-0.3, -0.25) is 4.98 Å². The molecule has 0 aliphatic carbocycles. The molecule has 0 spiro atoms. The zero-order valence-corrected chi connectivity index (χ0v) is 11.3. The Balaban J connectivity index is 2.27. The molecule has 1 heterocycles. The Hall–Kier alpha value is -1.67. The van der Waals surface area contributed by atoms with Gasteiger partial charge in [-0.15, -0.1) is 0 Å². The van der Waals surface area contributed by atoms with E-state index >= 15 is 0 Å². The number of hydrogen-bond acceptors (Lipinski definition) is 2. The van der Waals surface area contributed by atoms with Crippen LogP contribution in [0.3, 0.4) is 0 Å². The molecule has 2 rings (SSSR count). The van der Waals surface area contributed by atoms with Crippen molar-refractivity contribution in [3.05, 3.63) is 47.2 Å². The lowest BCUT2D eigenvalue weighted by Gasteiger charge is -2.04. The molecule has 0 atom stereocenters.